The molecular weight excluding hydrogens is 410 g/mol. The Morgan fingerprint density at radius 1 is 1.13 bits per heavy atom. The van der Waals surface area contributed by atoms with Crippen LogP contribution in [0.3, 0.4) is 0 Å². The molecule has 6 nitrogen and oxygen atoms in total. The van der Waals surface area contributed by atoms with Gasteiger partial charge in [0.15, 0.2) is 0 Å². The molecule has 7 heteroatoms. The topological polar surface area (TPSA) is 78.5 Å². The van der Waals surface area contributed by atoms with Crippen LogP contribution in [0.2, 0.25) is 0 Å². The molecule has 2 N–H and O–H groups in total. The summed E-state index contributed by atoms with van der Waals surface area (Å²) in [4.78, 5) is 15.0. The van der Waals surface area contributed by atoms with E-state index < -0.39 is 10.0 Å². The number of sulfonamides is 1. The fourth-order valence-electron chi connectivity index (χ4n) is 4.91. The quantitative estimate of drug-likeness (QED) is 0.721. The van der Waals surface area contributed by atoms with Crippen molar-refractivity contribution in [3.63, 3.8) is 0 Å². The normalized spacial score (nSPS) is 22.6. The first-order chi connectivity index (χ1) is 14.7. The van der Waals surface area contributed by atoms with Crippen LogP contribution in [-0.2, 0) is 21.2 Å². The maximum atomic E-state index is 13.1. The molecule has 2 aromatic rings. The monoisotopic (exact) mass is 441 g/mol. The Morgan fingerprint density at radius 2 is 1.81 bits per heavy atom. The van der Waals surface area contributed by atoms with Crippen LogP contribution in [0.4, 0.5) is 0 Å². The van der Waals surface area contributed by atoms with Crippen molar-refractivity contribution in [3.8, 4) is 11.1 Å². The lowest BCUT2D eigenvalue weighted by Crippen LogP contribution is -2.65. The number of benzene rings is 2. The van der Waals surface area contributed by atoms with Crippen molar-refractivity contribution >= 4 is 15.9 Å². The van der Waals surface area contributed by atoms with E-state index in [1.165, 1.54) is 6.26 Å². The van der Waals surface area contributed by atoms with Crippen molar-refractivity contribution in [1.82, 2.24) is 14.9 Å². The van der Waals surface area contributed by atoms with E-state index in [4.69, 9.17) is 0 Å². The van der Waals surface area contributed by atoms with Gasteiger partial charge in [0.2, 0.25) is 15.9 Å². The summed E-state index contributed by atoms with van der Waals surface area (Å²) in [6.07, 6.45) is 1.81. The van der Waals surface area contributed by atoms with Gasteiger partial charge >= 0.3 is 0 Å². The second-order valence-corrected chi connectivity index (χ2v) is 11.1. The zero-order valence-corrected chi connectivity index (χ0v) is 19.2. The fraction of sp³-hybridized carbons (Fsp3) is 0.458. The third kappa shape index (κ3) is 4.54. The Hall–Kier alpha value is -2.22. The molecule has 166 valence electrons. The molecule has 2 aliphatic rings. The number of nitrogens with one attached hydrogen (secondary N) is 2. The molecule has 0 bridgehead atoms. The summed E-state index contributed by atoms with van der Waals surface area (Å²) in [5.41, 5.74) is 3.09. The minimum atomic E-state index is -3.42. The minimum Gasteiger partial charge on any atom is -0.337 e. The predicted octanol–water partition coefficient (Wildman–Crippen LogP) is 2.27. The lowest BCUT2D eigenvalue weighted by atomic mass is 9.75. The first-order valence-electron chi connectivity index (χ1n) is 10.8. The van der Waals surface area contributed by atoms with Gasteiger partial charge in [0.05, 0.1) is 18.3 Å². The van der Waals surface area contributed by atoms with Crippen LogP contribution < -0.4 is 10.0 Å². The van der Waals surface area contributed by atoms with Crippen molar-refractivity contribution in [2.45, 2.75) is 32.4 Å². The largest absolute Gasteiger partial charge is 0.337 e. The van der Waals surface area contributed by atoms with Crippen LogP contribution in [0.15, 0.2) is 54.6 Å². The first kappa shape index (κ1) is 22.0. The number of rotatable bonds is 6. The number of carbonyl (C=O) groups excluding carboxylic acids is 1. The Balaban J connectivity index is 1.69. The lowest BCUT2D eigenvalue weighted by Gasteiger charge is -2.44. The maximum Gasteiger partial charge on any atom is 0.225 e. The summed E-state index contributed by atoms with van der Waals surface area (Å²) in [6.45, 7) is 5.80. The number of hydrogen-bond donors (Lipinski definition) is 2. The van der Waals surface area contributed by atoms with E-state index in [-0.39, 0.29) is 29.3 Å². The first-order valence-corrected chi connectivity index (χ1v) is 12.7. The molecule has 2 heterocycles. The summed E-state index contributed by atoms with van der Waals surface area (Å²) in [5, 5.41) is 3.29. The van der Waals surface area contributed by atoms with Crippen molar-refractivity contribution in [2.75, 3.05) is 25.9 Å². The zero-order valence-electron chi connectivity index (χ0n) is 18.3. The molecule has 0 aromatic heterocycles. The molecule has 4 rings (SSSR count). The number of nitrogens with zero attached hydrogens (tertiary/aromatic N) is 1. The Bertz CT molecular complexity index is 1050. The highest BCUT2D eigenvalue weighted by atomic mass is 32.2. The molecule has 2 aliphatic heterocycles. The van der Waals surface area contributed by atoms with E-state index in [9.17, 15) is 13.2 Å². The summed E-state index contributed by atoms with van der Waals surface area (Å²) < 4.78 is 27.3. The lowest BCUT2D eigenvalue weighted by molar-refractivity contribution is -0.135. The molecular formula is C24H31N3O3S. The summed E-state index contributed by atoms with van der Waals surface area (Å²) in [5.74, 6) is -0.0616. The molecule has 1 spiro atoms. The van der Waals surface area contributed by atoms with Gasteiger partial charge in [-0.1, -0.05) is 68.4 Å². The highest BCUT2D eigenvalue weighted by molar-refractivity contribution is 7.88. The molecule has 0 saturated carbocycles. The van der Waals surface area contributed by atoms with Crippen molar-refractivity contribution in [2.24, 2.45) is 11.3 Å². The molecule has 31 heavy (non-hydrogen) atoms. The summed E-state index contributed by atoms with van der Waals surface area (Å²) in [7, 11) is -3.42. The number of carbonyl (C=O) groups is 1. The maximum absolute atomic E-state index is 13.1. The van der Waals surface area contributed by atoms with Gasteiger partial charge in [0.25, 0.3) is 0 Å². The SMILES string of the molecule is CC(C)C(=O)N1CC2(CNC2)C(NS(C)(=O)=O)C1Cc1cccc(-c2ccccc2)c1. The Morgan fingerprint density at radius 3 is 2.39 bits per heavy atom. The molecule has 1 amide bonds. The van der Waals surface area contributed by atoms with E-state index in [2.05, 4.69) is 40.4 Å². The fourth-order valence-corrected chi connectivity index (χ4v) is 5.77. The second-order valence-electron chi connectivity index (χ2n) is 9.29. The van der Waals surface area contributed by atoms with Gasteiger partial charge in [-0.15, -0.1) is 0 Å². The molecule has 2 aromatic carbocycles. The average molecular weight is 442 g/mol. The van der Waals surface area contributed by atoms with Gasteiger partial charge in [-0.2, -0.15) is 0 Å². The third-order valence-corrected chi connectivity index (χ3v) is 7.16. The number of likely N-dealkylation sites (tertiary alicyclic amines) is 1. The van der Waals surface area contributed by atoms with Crippen LogP contribution in [0.25, 0.3) is 11.1 Å². The van der Waals surface area contributed by atoms with Gasteiger partial charge in [0.1, 0.15) is 0 Å². The van der Waals surface area contributed by atoms with Crippen molar-refractivity contribution < 1.29 is 13.2 Å². The van der Waals surface area contributed by atoms with Crippen LogP contribution in [-0.4, -0.2) is 57.2 Å². The van der Waals surface area contributed by atoms with E-state index in [1.807, 2.05) is 43.0 Å². The van der Waals surface area contributed by atoms with Gasteiger partial charge in [-0.3, -0.25) is 4.79 Å². The van der Waals surface area contributed by atoms with Gasteiger partial charge in [-0.05, 0) is 23.1 Å². The average Bonchev–Trinajstić information content (AvgIpc) is 3.01. The third-order valence-electron chi connectivity index (χ3n) is 6.48. The van der Waals surface area contributed by atoms with E-state index in [0.29, 0.717) is 26.1 Å². The molecule has 2 unspecified atom stereocenters. The van der Waals surface area contributed by atoms with Gasteiger partial charge < -0.3 is 10.2 Å². The van der Waals surface area contributed by atoms with Crippen LogP contribution >= 0.6 is 0 Å². The predicted molar refractivity (Wildman–Crippen MR) is 123 cm³/mol. The molecule has 0 radical (unpaired) electrons. The Labute approximate surface area is 185 Å². The van der Waals surface area contributed by atoms with E-state index in [1.54, 1.807) is 0 Å². The molecule has 0 aliphatic carbocycles. The molecule has 2 atom stereocenters. The smallest absolute Gasteiger partial charge is 0.225 e. The van der Waals surface area contributed by atoms with Crippen LogP contribution in [0, 0.1) is 11.3 Å². The summed E-state index contributed by atoms with van der Waals surface area (Å²) >= 11 is 0. The van der Waals surface area contributed by atoms with Gasteiger partial charge in [-0.25, -0.2) is 13.1 Å². The van der Waals surface area contributed by atoms with Gasteiger partial charge in [0, 0.05) is 31.0 Å². The number of hydrogen-bond acceptors (Lipinski definition) is 4. The number of amides is 1. The second kappa shape index (κ2) is 8.37. The molecule has 2 fully saturated rings. The Kier molecular flexibility index (Phi) is 5.94. The zero-order chi connectivity index (χ0) is 22.2. The molecule has 2 saturated heterocycles. The highest BCUT2D eigenvalue weighted by Gasteiger charge is 2.57. The highest BCUT2D eigenvalue weighted by Crippen LogP contribution is 2.41. The van der Waals surface area contributed by atoms with Crippen molar-refractivity contribution in [1.29, 1.82) is 0 Å². The van der Waals surface area contributed by atoms with Crippen LogP contribution in [0.1, 0.15) is 19.4 Å². The minimum absolute atomic E-state index is 0.0771. The summed E-state index contributed by atoms with van der Waals surface area (Å²) in [6, 6.07) is 18.0. The van der Waals surface area contributed by atoms with E-state index in [0.717, 1.165) is 16.7 Å². The van der Waals surface area contributed by atoms with Crippen LogP contribution in [0.5, 0.6) is 0 Å². The van der Waals surface area contributed by atoms with E-state index >= 15 is 0 Å². The standard InChI is InChI=1S/C24H31N3O3S/c1-17(2)23(28)27-16-24(14-25-15-24)22(26-31(3,29)30)21(27)13-18-8-7-11-20(12-18)19-9-5-4-6-10-19/h4-12,17,21-22,25-26H,13-16H2,1-3H3. The van der Waals surface area contributed by atoms with Crippen molar-refractivity contribution in [3.05, 3.63) is 60.2 Å².